The predicted octanol–water partition coefficient (Wildman–Crippen LogP) is 5.93. The molecule has 0 radical (unpaired) electrons. The van der Waals surface area contributed by atoms with Crippen LogP contribution in [0.15, 0.2) is 57.7 Å². The zero-order valence-corrected chi connectivity index (χ0v) is 15.2. The fraction of sp³-hybridized carbons (Fsp3) is 0.286. The molecule has 1 atom stereocenters. The van der Waals surface area contributed by atoms with Gasteiger partial charge in [0.05, 0.1) is 5.02 Å². The van der Waals surface area contributed by atoms with E-state index in [2.05, 4.69) is 6.92 Å². The van der Waals surface area contributed by atoms with Gasteiger partial charge < -0.3 is 9.15 Å². The van der Waals surface area contributed by atoms with Gasteiger partial charge in [0.15, 0.2) is 0 Å². The molecule has 4 heteroatoms. The van der Waals surface area contributed by atoms with Gasteiger partial charge in [0.2, 0.25) is 0 Å². The minimum Gasteiger partial charge on any atom is -0.484 e. The van der Waals surface area contributed by atoms with Crippen molar-refractivity contribution >= 4 is 22.6 Å². The van der Waals surface area contributed by atoms with Crippen molar-refractivity contribution in [1.82, 2.24) is 0 Å². The number of hydrogen-bond acceptors (Lipinski definition) is 3. The van der Waals surface area contributed by atoms with Crippen molar-refractivity contribution in [3.05, 3.63) is 75.1 Å². The number of benzene rings is 2. The third kappa shape index (κ3) is 4.05. The predicted molar refractivity (Wildman–Crippen MR) is 102 cm³/mol. The monoisotopic (exact) mass is 356 g/mol. The first-order valence-electron chi connectivity index (χ1n) is 8.56. The number of ether oxygens (including phenoxy) is 1. The number of hydrogen-bond donors (Lipinski definition) is 0. The molecule has 0 unspecified atom stereocenters. The lowest BCUT2D eigenvalue weighted by atomic mass is 10.0. The van der Waals surface area contributed by atoms with Gasteiger partial charge in [0.1, 0.15) is 17.4 Å². The van der Waals surface area contributed by atoms with Crippen LogP contribution in [0.4, 0.5) is 0 Å². The highest BCUT2D eigenvalue weighted by Crippen LogP contribution is 2.34. The van der Waals surface area contributed by atoms with Crippen LogP contribution in [0.2, 0.25) is 5.02 Å². The molecule has 1 aromatic heterocycles. The maximum atomic E-state index is 11.9. The van der Waals surface area contributed by atoms with Crippen LogP contribution in [0.3, 0.4) is 0 Å². The van der Waals surface area contributed by atoms with Crippen LogP contribution in [0.1, 0.15) is 43.9 Å². The summed E-state index contributed by atoms with van der Waals surface area (Å²) in [6, 6.07) is 15.0. The topological polar surface area (TPSA) is 39.4 Å². The van der Waals surface area contributed by atoms with E-state index in [1.807, 2.05) is 43.3 Å². The molecule has 0 bridgehead atoms. The average molecular weight is 357 g/mol. The molecule has 0 aliphatic carbocycles. The first kappa shape index (κ1) is 17.6. The number of rotatable bonds is 6. The van der Waals surface area contributed by atoms with Gasteiger partial charge in [0, 0.05) is 17.5 Å². The Kier molecular flexibility index (Phi) is 5.44. The fourth-order valence-corrected chi connectivity index (χ4v) is 3.08. The van der Waals surface area contributed by atoms with Crippen LogP contribution in [-0.2, 0) is 6.42 Å². The van der Waals surface area contributed by atoms with Crippen LogP contribution >= 0.6 is 11.6 Å². The molecule has 0 N–H and O–H groups in total. The van der Waals surface area contributed by atoms with Gasteiger partial charge in [0.25, 0.3) is 0 Å². The summed E-state index contributed by atoms with van der Waals surface area (Å²) in [5.41, 5.74) is 2.19. The largest absolute Gasteiger partial charge is 0.484 e. The second kappa shape index (κ2) is 7.75. The second-order valence-corrected chi connectivity index (χ2v) is 6.55. The number of fused-ring (bicyclic) bond motifs is 1. The molecule has 2 aromatic carbocycles. The van der Waals surface area contributed by atoms with Gasteiger partial charge >= 0.3 is 5.63 Å². The van der Waals surface area contributed by atoms with E-state index in [-0.39, 0.29) is 11.7 Å². The van der Waals surface area contributed by atoms with Crippen LogP contribution in [-0.4, -0.2) is 0 Å². The van der Waals surface area contributed by atoms with E-state index in [1.54, 1.807) is 12.1 Å². The molecule has 130 valence electrons. The molecule has 25 heavy (non-hydrogen) atoms. The van der Waals surface area contributed by atoms with E-state index in [9.17, 15) is 4.79 Å². The fourth-order valence-electron chi connectivity index (χ4n) is 2.87. The van der Waals surface area contributed by atoms with E-state index in [4.69, 9.17) is 20.8 Å². The molecular formula is C21H21ClO3. The average Bonchev–Trinajstić information content (AvgIpc) is 2.61. The standard InChI is InChI=1S/C21H21ClO3/c1-3-4-8-16-11-21(23)25-19-13-20(18(22)12-17(16)19)24-14(2)15-9-6-5-7-10-15/h5-7,9-14H,3-4,8H2,1-2H3/t14-/m0/s1. The number of aryl methyl sites for hydroxylation is 1. The van der Waals surface area contributed by atoms with Gasteiger partial charge in [-0.2, -0.15) is 0 Å². The lowest BCUT2D eigenvalue weighted by Crippen LogP contribution is -2.04. The number of unbranched alkanes of at least 4 members (excludes halogenated alkanes) is 1. The second-order valence-electron chi connectivity index (χ2n) is 6.14. The van der Waals surface area contributed by atoms with Gasteiger partial charge in [-0.05, 0) is 37.0 Å². The molecule has 0 aliphatic heterocycles. The summed E-state index contributed by atoms with van der Waals surface area (Å²) in [5.74, 6) is 0.515. The summed E-state index contributed by atoms with van der Waals surface area (Å²) in [6.45, 7) is 4.08. The van der Waals surface area contributed by atoms with Gasteiger partial charge in [-0.15, -0.1) is 0 Å². The Bertz CT molecular complexity index is 916. The van der Waals surface area contributed by atoms with Crippen LogP contribution in [0, 0.1) is 0 Å². The molecule has 0 saturated heterocycles. The molecule has 0 fully saturated rings. The minimum atomic E-state index is -0.344. The van der Waals surface area contributed by atoms with Crippen molar-refractivity contribution in [1.29, 1.82) is 0 Å². The van der Waals surface area contributed by atoms with E-state index in [1.165, 1.54) is 0 Å². The summed E-state index contributed by atoms with van der Waals surface area (Å²) in [6.07, 6.45) is 2.74. The highest BCUT2D eigenvalue weighted by atomic mass is 35.5. The van der Waals surface area contributed by atoms with Crippen molar-refractivity contribution < 1.29 is 9.15 Å². The highest BCUT2D eigenvalue weighted by Gasteiger charge is 2.14. The first-order valence-corrected chi connectivity index (χ1v) is 8.94. The summed E-state index contributed by atoms with van der Waals surface area (Å²) in [7, 11) is 0. The van der Waals surface area contributed by atoms with Crippen molar-refractivity contribution in [3.63, 3.8) is 0 Å². The van der Waals surface area contributed by atoms with Crippen LogP contribution in [0.25, 0.3) is 11.0 Å². The lowest BCUT2D eigenvalue weighted by Gasteiger charge is -2.17. The normalized spacial score (nSPS) is 12.3. The molecule has 1 heterocycles. The summed E-state index contributed by atoms with van der Waals surface area (Å²) in [5, 5.41) is 1.39. The first-order chi connectivity index (χ1) is 12.1. The van der Waals surface area contributed by atoms with Crippen molar-refractivity contribution in [2.45, 2.75) is 39.2 Å². The van der Waals surface area contributed by atoms with Crippen molar-refractivity contribution in [2.75, 3.05) is 0 Å². The molecule has 3 nitrogen and oxygen atoms in total. The van der Waals surface area contributed by atoms with Crippen LogP contribution in [0.5, 0.6) is 5.75 Å². The Labute approximate surface area is 152 Å². The zero-order valence-electron chi connectivity index (χ0n) is 14.4. The third-order valence-electron chi connectivity index (χ3n) is 4.26. The Morgan fingerprint density at radius 1 is 1.16 bits per heavy atom. The van der Waals surface area contributed by atoms with Gasteiger partial charge in [-0.1, -0.05) is 55.3 Å². The quantitative estimate of drug-likeness (QED) is 0.514. The Morgan fingerprint density at radius 2 is 1.92 bits per heavy atom. The minimum absolute atomic E-state index is 0.161. The lowest BCUT2D eigenvalue weighted by molar-refractivity contribution is 0.227. The SMILES string of the molecule is CCCCc1cc(=O)oc2cc(O[C@@H](C)c3ccccc3)c(Cl)cc12. The van der Waals surface area contributed by atoms with Gasteiger partial charge in [-0.25, -0.2) is 4.79 Å². The molecule has 0 aliphatic rings. The Morgan fingerprint density at radius 3 is 2.64 bits per heavy atom. The van der Waals surface area contributed by atoms with E-state index in [0.717, 1.165) is 35.8 Å². The number of halogens is 1. The summed E-state index contributed by atoms with van der Waals surface area (Å²) < 4.78 is 11.4. The third-order valence-corrected chi connectivity index (χ3v) is 4.55. The van der Waals surface area contributed by atoms with E-state index < -0.39 is 0 Å². The zero-order chi connectivity index (χ0) is 17.8. The molecule has 0 saturated carbocycles. The maximum Gasteiger partial charge on any atom is 0.336 e. The van der Waals surface area contributed by atoms with E-state index >= 15 is 0 Å². The van der Waals surface area contributed by atoms with Gasteiger partial charge in [-0.3, -0.25) is 0 Å². The smallest absolute Gasteiger partial charge is 0.336 e. The van der Waals surface area contributed by atoms with Crippen molar-refractivity contribution in [3.8, 4) is 5.75 Å². The maximum absolute atomic E-state index is 11.9. The molecule has 3 aromatic rings. The van der Waals surface area contributed by atoms with Crippen LogP contribution < -0.4 is 10.4 Å². The molecule has 0 amide bonds. The Hall–Kier alpha value is -2.26. The molecular weight excluding hydrogens is 336 g/mol. The molecule has 3 rings (SSSR count). The summed E-state index contributed by atoms with van der Waals surface area (Å²) in [4.78, 5) is 11.9. The highest BCUT2D eigenvalue weighted by molar-refractivity contribution is 6.32. The van der Waals surface area contributed by atoms with Crippen molar-refractivity contribution in [2.24, 2.45) is 0 Å². The van der Waals surface area contributed by atoms with E-state index in [0.29, 0.717) is 16.4 Å². The summed E-state index contributed by atoms with van der Waals surface area (Å²) >= 11 is 6.44. The molecule has 0 spiro atoms. The Balaban J connectivity index is 1.97.